The maximum Gasteiger partial charge on any atom is 0.164 e. The SMILES string of the molecule is CCCCCC(C)NCc1cc(OC)c(OC)cc1OC. The molecule has 1 unspecified atom stereocenters. The highest BCUT2D eigenvalue weighted by molar-refractivity contribution is 5.50. The van der Waals surface area contributed by atoms with Crippen LogP contribution < -0.4 is 19.5 Å². The molecule has 0 fully saturated rings. The van der Waals surface area contributed by atoms with Crippen molar-refractivity contribution < 1.29 is 14.2 Å². The molecule has 0 aliphatic rings. The van der Waals surface area contributed by atoms with Crippen molar-refractivity contribution >= 4 is 0 Å². The maximum atomic E-state index is 5.44. The molecule has 0 heterocycles. The molecule has 21 heavy (non-hydrogen) atoms. The molecular formula is C17H29NO3. The lowest BCUT2D eigenvalue weighted by atomic mass is 10.1. The van der Waals surface area contributed by atoms with Gasteiger partial charge in [0.25, 0.3) is 0 Å². The number of methoxy groups -OCH3 is 3. The Bertz CT molecular complexity index is 421. The van der Waals surface area contributed by atoms with Gasteiger partial charge in [-0.1, -0.05) is 26.2 Å². The van der Waals surface area contributed by atoms with Crippen molar-refractivity contribution in [3.8, 4) is 17.2 Å². The molecule has 4 nitrogen and oxygen atoms in total. The first-order chi connectivity index (χ1) is 10.2. The fraction of sp³-hybridized carbons (Fsp3) is 0.647. The van der Waals surface area contributed by atoms with Crippen LogP contribution in [-0.4, -0.2) is 27.4 Å². The minimum atomic E-state index is 0.495. The van der Waals surface area contributed by atoms with Crippen molar-refractivity contribution in [1.29, 1.82) is 0 Å². The second kappa shape index (κ2) is 9.50. The monoisotopic (exact) mass is 295 g/mol. The van der Waals surface area contributed by atoms with Gasteiger partial charge in [-0.25, -0.2) is 0 Å². The Morgan fingerprint density at radius 2 is 1.57 bits per heavy atom. The van der Waals surface area contributed by atoms with Crippen LogP contribution in [0.15, 0.2) is 12.1 Å². The van der Waals surface area contributed by atoms with E-state index in [2.05, 4.69) is 19.2 Å². The number of nitrogens with one attached hydrogen (secondary N) is 1. The number of hydrogen-bond donors (Lipinski definition) is 1. The van der Waals surface area contributed by atoms with Crippen LogP contribution in [-0.2, 0) is 6.54 Å². The van der Waals surface area contributed by atoms with E-state index in [4.69, 9.17) is 14.2 Å². The number of ether oxygens (including phenoxy) is 3. The molecule has 0 radical (unpaired) electrons. The largest absolute Gasteiger partial charge is 0.496 e. The Hall–Kier alpha value is -1.42. The molecule has 0 aliphatic carbocycles. The summed E-state index contributed by atoms with van der Waals surface area (Å²) in [4.78, 5) is 0. The van der Waals surface area contributed by atoms with Crippen LogP contribution in [0.5, 0.6) is 17.2 Å². The fourth-order valence-electron chi connectivity index (χ4n) is 2.32. The van der Waals surface area contributed by atoms with Gasteiger partial charge in [0.15, 0.2) is 11.5 Å². The van der Waals surface area contributed by atoms with Crippen molar-refractivity contribution in [1.82, 2.24) is 5.32 Å². The predicted molar refractivity (Wildman–Crippen MR) is 86.5 cm³/mol. The molecule has 1 atom stereocenters. The molecule has 1 rings (SSSR count). The summed E-state index contributed by atoms with van der Waals surface area (Å²) in [6, 6.07) is 4.34. The minimum absolute atomic E-state index is 0.495. The van der Waals surface area contributed by atoms with Crippen LogP contribution in [0, 0.1) is 0 Å². The van der Waals surface area contributed by atoms with E-state index in [0.29, 0.717) is 11.8 Å². The lowest BCUT2D eigenvalue weighted by Gasteiger charge is -2.17. The highest BCUT2D eigenvalue weighted by atomic mass is 16.5. The van der Waals surface area contributed by atoms with Gasteiger partial charge in [0.2, 0.25) is 0 Å². The first-order valence-electron chi connectivity index (χ1n) is 7.68. The molecule has 0 aliphatic heterocycles. The smallest absolute Gasteiger partial charge is 0.164 e. The van der Waals surface area contributed by atoms with E-state index in [-0.39, 0.29) is 0 Å². The average molecular weight is 295 g/mol. The first-order valence-corrected chi connectivity index (χ1v) is 7.68. The van der Waals surface area contributed by atoms with E-state index < -0.39 is 0 Å². The van der Waals surface area contributed by atoms with E-state index >= 15 is 0 Å². The topological polar surface area (TPSA) is 39.7 Å². The molecule has 120 valence electrons. The quantitative estimate of drug-likeness (QED) is 0.667. The molecule has 0 aromatic heterocycles. The van der Waals surface area contributed by atoms with E-state index in [1.807, 2.05) is 12.1 Å². The standard InChI is InChI=1S/C17H29NO3/c1-6-7-8-9-13(2)18-12-14-10-16(20-4)17(21-5)11-15(14)19-3/h10-11,13,18H,6-9,12H2,1-5H3. The number of rotatable bonds is 10. The van der Waals surface area contributed by atoms with Crippen LogP contribution in [0.1, 0.15) is 45.1 Å². The average Bonchev–Trinajstić information content (AvgIpc) is 2.52. The lowest BCUT2D eigenvalue weighted by molar-refractivity contribution is 0.346. The van der Waals surface area contributed by atoms with Crippen LogP contribution >= 0.6 is 0 Å². The summed E-state index contributed by atoms with van der Waals surface area (Å²) < 4.78 is 16.1. The van der Waals surface area contributed by atoms with Gasteiger partial charge in [-0.05, 0) is 19.4 Å². The molecule has 1 aromatic carbocycles. The molecule has 0 bridgehead atoms. The van der Waals surface area contributed by atoms with E-state index in [1.54, 1.807) is 21.3 Å². The van der Waals surface area contributed by atoms with Crippen LogP contribution in [0.25, 0.3) is 0 Å². The van der Waals surface area contributed by atoms with Gasteiger partial charge in [0.05, 0.1) is 21.3 Å². The summed E-state index contributed by atoms with van der Waals surface area (Å²) in [6.07, 6.45) is 5.03. The Morgan fingerprint density at radius 3 is 2.14 bits per heavy atom. The molecule has 4 heteroatoms. The van der Waals surface area contributed by atoms with E-state index in [0.717, 1.165) is 23.6 Å². The summed E-state index contributed by atoms with van der Waals surface area (Å²) >= 11 is 0. The zero-order chi connectivity index (χ0) is 15.7. The Kier molecular flexibility index (Phi) is 7.98. The van der Waals surface area contributed by atoms with Crippen LogP contribution in [0.4, 0.5) is 0 Å². The Balaban J connectivity index is 2.68. The number of unbranched alkanes of at least 4 members (excludes halogenated alkanes) is 2. The highest BCUT2D eigenvalue weighted by Crippen LogP contribution is 2.34. The Labute approximate surface area is 128 Å². The van der Waals surface area contributed by atoms with Gasteiger partial charge in [-0.2, -0.15) is 0 Å². The predicted octanol–water partition coefficient (Wildman–Crippen LogP) is 3.77. The van der Waals surface area contributed by atoms with Crippen LogP contribution in [0.3, 0.4) is 0 Å². The zero-order valence-corrected chi connectivity index (χ0v) is 14.0. The lowest BCUT2D eigenvalue weighted by Crippen LogP contribution is -2.25. The summed E-state index contributed by atoms with van der Waals surface area (Å²) in [5.41, 5.74) is 1.08. The molecule has 1 aromatic rings. The van der Waals surface area contributed by atoms with Crippen molar-refractivity contribution in [2.24, 2.45) is 0 Å². The third-order valence-electron chi connectivity index (χ3n) is 3.67. The van der Waals surface area contributed by atoms with Gasteiger partial charge in [0, 0.05) is 24.2 Å². The summed E-state index contributed by atoms with van der Waals surface area (Å²) in [7, 11) is 4.95. The fourth-order valence-corrected chi connectivity index (χ4v) is 2.32. The van der Waals surface area contributed by atoms with E-state index in [9.17, 15) is 0 Å². The third-order valence-corrected chi connectivity index (χ3v) is 3.67. The molecule has 1 N–H and O–H groups in total. The minimum Gasteiger partial charge on any atom is -0.496 e. The molecular weight excluding hydrogens is 266 g/mol. The summed E-state index contributed by atoms with van der Waals surface area (Å²) in [5.74, 6) is 2.24. The highest BCUT2D eigenvalue weighted by Gasteiger charge is 2.12. The van der Waals surface area contributed by atoms with Crippen molar-refractivity contribution in [2.45, 2.75) is 52.1 Å². The van der Waals surface area contributed by atoms with Crippen molar-refractivity contribution in [2.75, 3.05) is 21.3 Å². The van der Waals surface area contributed by atoms with Gasteiger partial charge >= 0.3 is 0 Å². The second-order valence-corrected chi connectivity index (χ2v) is 5.30. The summed E-state index contributed by atoms with van der Waals surface area (Å²) in [5, 5.41) is 3.54. The molecule has 0 spiro atoms. The molecule has 0 saturated carbocycles. The van der Waals surface area contributed by atoms with Gasteiger partial charge in [0.1, 0.15) is 5.75 Å². The summed E-state index contributed by atoms with van der Waals surface area (Å²) in [6.45, 7) is 5.21. The zero-order valence-electron chi connectivity index (χ0n) is 14.0. The number of hydrogen-bond acceptors (Lipinski definition) is 4. The van der Waals surface area contributed by atoms with E-state index in [1.165, 1.54) is 25.7 Å². The molecule has 0 saturated heterocycles. The van der Waals surface area contributed by atoms with Gasteiger partial charge in [-0.15, -0.1) is 0 Å². The van der Waals surface area contributed by atoms with Gasteiger partial charge in [-0.3, -0.25) is 0 Å². The first kappa shape index (κ1) is 17.6. The second-order valence-electron chi connectivity index (χ2n) is 5.30. The molecule has 0 amide bonds. The third kappa shape index (κ3) is 5.46. The normalized spacial score (nSPS) is 12.0. The van der Waals surface area contributed by atoms with Crippen molar-refractivity contribution in [3.63, 3.8) is 0 Å². The van der Waals surface area contributed by atoms with Crippen LogP contribution in [0.2, 0.25) is 0 Å². The van der Waals surface area contributed by atoms with Gasteiger partial charge < -0.3 is 19.5 Å². The van der Waals surface area contributed by atoms with Crippen molar-refractivity contribution in [3.05, 3.63) is 17.7 Å². The number of benzene rings is 1. The Morgan fingerprint density at radius 1 is 0.952 bits per heavy atom. The maximum absolute atomic E-state index is 5.44.